The van der Waals surface area contributed by atoms with E-state index in [9.17, 15) is 0 Å². The summed E-state index contributed by atoms with van der Waals surface area (Å²) in [5.74, 6) is 0. The molecule has 0 bridgehead atoms. The molecule has 0 aliphatic carbocycles. The lowest BCUT2D eigenvalue weighted by atomic mass is 10.0. The Hall–Kier alpha value is -1.23. The second kappa shape index (κ2) is 6.26. The Labute approximate surface area is 130 Å². The smallest absolute Gasteiger partial charge is 0.0900 e. The molecule has 3 nitrogen and oxygen atoms in total. The monoisotopic (exact) mass is 302 g/mol. The molecule has 0 spiro atoms. The van der Waals surface area contributed by atoms with Gasteiger partial charge in [0.05, 0.1) is 23.9 Å². The normalized spacial score (nSPS) is 15.2. The minimum absolute atomic E-state index is 0.366. The summed E-state index contributed by atoms with van der Waals surface area (Å²) in [5.41, 5.74) is 5.20. The van der Waals surface area contributed by atoms with Crippen molar-refractivity contribution in [1.29, 1.82) is 0 Å². The van der Waals surface area contributed by atoms with E-state index in [4.69, 9.17) is 4.74 Å². The van der Waals surface area contributed by atoms with E-state index in [1.807, 2.05) is 11.3 Å². The van der Waals surface area contributed by atoms with Gasteiger partial charge in [-0.05, 0) is 43.9 Å². The van der Waals surface area contributed by atoms with Gasteiger partial charge < -0.3 is 10.1 Å². The van der Waals surface area contributed by atoms with Crippen LogP contribution >= 0.6 is 11.3 Å². The Kier molecular flexibility index (Phi) is 4.38. The second-order valence-corrected chi connectivity index (χ2v) is 6.98. The molecule has 0 unspecified atom stereocenters. The van der Waals surface area contributed by atoms with Crippen molar-refractivity contribution >= 4 is 11.3 Å². The molecule has 0 saturated carbocycles. The highest BCUT2D eigenvalue weighted by Crippen LogP contribution is 2.24. The average molecular weight is 302 g/mol. The number of aromatic nitrogens is 1. The van der Waals surface area contributed by atoms with Crippen molar-refractivity contribution in [2.45, 2.75) is 46.4 Å². The molecule has 4 heteroatoms. The van der Waals surface area contributed by atoms with Gasteiger partial charge in [0.25, 0.3) is 0 Å². The minimum atomic E-state index is 0.366. The SMILES string of the molecule is Cc1nc(C)c(CCN[C@@H](C)c2ccc3c(c2)COC3)s1. The first-order chi connectivity index (χ1) is 10.1. The van der Waals surface area contributed by atoms with E-state index in [0.717, 1.165) is 31.2 Å². The second-order valence-electron chi connectivity index (χ2n) is 5.69. The predicted molar refractivity (Wildman–Crippen MR) is 86.6 cm³/mol. The molecular formula is C17H22N2OS. The van der Waals surface area contributed by atoms with Gasteiger partial charge >= 0.3 is 0 Å². The average Bonchev–Trinajstić information content (AvgIpc) is 3.04. The highest BCUT2D eigenvalue weighted by atomic mass is 32.1. The number of hydrogen-bond donors (Lipinski definition) is 1. The molecule has 0 radical (unpaired) electrons. The third-order valence-electron chi connectivity index (χ3n) is 4.05. The van der Waals surface area contributed by atoms with Crippen LogP contribution in [0.4, 0.5) is 0 Å². The molecule has 1 N–H and O–H groups in total. The standard InChI is InChI=1S/C17H22N2OS/c1-11(14-4-5-15-9-20-10-16(15)8-14)18-7-6-17-12(2)19-13(3)21-17/h4-5,8,11,18H,6-7,9-10H2,1-3H3/t11-/m0/s1. The Balaban J connectivity index is 1.57. The van der Waals surface area contributed by atoms with Gasteiger partial charge in [-0.2, -0.15) is 0 Å². The molecule has 1 atom stereocenters. The number of thiazole rings is 1. The fourth-order valence-corrected chi connectivity index (χ4v) is 3.72. The van der Waals surface area contributed by atoms with Crippen LogP contribution in [0.15, 0.2) is 18.2 Å². The van der Waals surface area contributed by atoms with Gasteiger partial charge in [0.2, 0.25) is 0 Å². The molecule has 2 aromatic rings. The zero-order valence-corrected chi connectivity index (χ0v) is 13.7. The van der Waals surface area contributed by atoms with E-state index in [1.54, 1.807) is 0 Å². The zero-order valence-electron chi connectivity index (χ0n) is 12.9. The van der Waals surface area contributed by atoms with Crippen molar-refractivity contribution < 1.29 is 4.74 Å². The summed E-state index contributed by atoms with van der Waals surface area (Å²) in [6.07, 6.45) is 1.05. The van der Waals surface area contributed by atoms with Gasteiger partial charge in [-0.15, -0.1) is 11.3 Å². The van der Waals surface area contributed by atoms with Crippen LogP contribution in [0.1, 0.15) is 45.2 Å². The van der Waals surface area contributed by atoms with Gasteiger partial charge in [-0.25, -0.2) is 4.98 Å². The maximum absolute atomic E-state index is 5.48. The summed E-state index contributed by atoms with van der Waals surface area (Å²) in [7, 11) is 0. The van der Waals surface area contributed by atoms with Crippen LogP contribution in [-0.4, -0.2) is 11.5 Å². The largest absolute Gasteiger partial charge is 0.372 e. The number of nitrogens with zero attached hydrogens (tertiary/aromatic N) is 1. The summed E-state index contributed by atoms with van der Waals surface area (Å²) in [4.78, 5) is 5.88. The lowest BCUT2D eigenvalue weighted by molar-refractivity contribution is 0.134. The molecule has 1 aromatic carbocycles. The van der Waals surface area contributed by atoms with Crippen molar-refractivity contribution in [3.8, 4) is 0 Å². The third kappa shape index (κ3) is 3.34. The molecule has 3 rings (SSSR count). The maximum atomic E-state index is 5.48. The van der Waals surface area contributed by atoms with E-state index in [0.29, 0.717) is 6.04 Å². The molecule has 0 fully saturated rings. The first-order valence-electron chi connectivity index (χ1n) is 7.49. The number of hydrogen-bond acceptors (Lipinski definition) is 4. The number of benzene rings is 1. The Morgan fingerprint density at radius 2 is 2.10 bits per heavy atom. The zero-order chi connectivity index (χ0) is 14.8. The number of ether oxygens (including phenoxy) is 1. The molecule has 0 saturated heterocycles. The quantitative estimate of drug-likeness (QED) is 0.915. The molecule has 1 aliphatic rings. The number of fused-ring (bicyclic) bond motifs is 1. The molecule has 1 aromatic heterocycles. The molecular weight excluding hydrogens is 280 g/mol. The van der Waals surface area contributed by atoms with Crippen LogP contribution in [0.3, 0.4) is 0 Å². The fraction of sp³-hybridized carbons (Fsp3) is 0.471. The van der Waals surface area contributed by atoms with E-state index < -0.39 is 0 Å². The molecule has 0 amide bonds. The summed E-state index contributed by atoms with van der Waals surface area (Å²) < 4.78 is 5.48. The predicted octanol–water partition coefficient (Wildman–Crippen LogP) is 3.68. The number of rotatable bonds is 5. The minimum Gasteiger partial charge on any atom is -0.372 e. The van der Waals surface area contributed by atoms with E-state index in [-0.39, 0.29) is 0 Å². The van der Waals surface area contributed by atoms with Gasteiger partial charge in [-0.1, -0.05) is 18.2 Å². The Morgan fingerprint density at radius 3 is 2.86 bits per heavy atom. The topological polar surface area (TPSA) is 34.2 Å². The Bertz CT molecular complexity index is 636. The third-order valence-corrected chi connectivity index (χ3v) is 5.18. The maximum Gasteiger partial charge on any atom is 0.0900 e. The number of aryl methyl sites for hydroxylation is 2. The molecule has 21 heavy (non-hydrogen) atoms. The van der Waals surface area contributed by atoms with Crippen molar-refractivity contribution in [2.75, 3.05) is 6.54 Å². The van der Waals surface area contributed by atoms with Crippen LogP contribution in [0.2, 0.25) is 0 Å². The first kappa shape index (κ1) is 14.7. The van der Waals surface area contributed by atoms with E-state index >= 15 is 0 Å². The molecule has 2 heterocycles. The molecule has 112 valence electrons. The van der Waals surface area contributed by atoms with Crippen LogP contribution in [0, 0.1) is 13.8 Å². The van der Waals surface area contributed by atoms with E-state index in [2.05, 4.69) is 49.3 Å². The van der Waals surface area contributed by atoms with Gasteiger partial charge in [0.15, 0.2) is 0 Å². The van der Waals surface area contributed by atoms with Crippen LogP contribution in [0.5, 0.6) is 0 Å². The number of nitrogens with one attached hydrogen (secondary N) is 1. The van der Waals surface area contributed by atoms with Crippen molar-refractivity contribution in [3.63, 3.8) is 0 Å². The molecule has 1 aliphatic heterocycles. The Morgan fingerprint density at radius 1 is 1.29 bits per heavy atom. The van der Waals surface area contributed by atoms with E-state index in [1.165, 1.54) is 27.3 Å². The lowest BCUT2D eigenvalue weighted by Gasteiger charge is -2.15. The van der Waals surface area contributed by atoms with Crippen molar-refractivity contribution in [2.24, 2.45) is 0 Å². The summed E-state index contributed by atoms with van der Waals surface area (Å²) >= 11 is 1.81. The van der Waals surface area contributed by atoms with Gasteiger partial charge in [-0.3, -0.25) is 0 Å². The summed E-state index contributed by atoms with van der Waals surface area (Å²) in [5, 5.41) is 4.77. The van der Waals surface area contributed by atoms with Crippen LogP contribution < -0.4 is 5.32 Å². The van der Waals surface area contributed by atoms with Gasteiger partial charge in [0.1, 0.15) is 0 Å². The van der Waals surface area contributed by atoms with Crippen LogP contribution in [0.25, 0.3) is 0 Å². The summed E-state index contributed by atoms with van der Waals surface area (Å²) in [6, 6.07) is 7.06. The fourth-order valence-electron chi connectivity index (χ4n) is 2.79. The van der Waals surface area contributed by atoms with Crippen molar-refractivity contribution in [3.05, 3.63) is 50.5 Å². The van der Waals surface area contributed by atoms with Crippen LogP contribution in [-0.2, 0) is 24.4 Å². The first-order valence-corrected chi connectivity index (χ1v) is 8.31. The lowest BCUT2D eigenvalue weighted by Crippen LogP contribution is -2.21. The highest BCUT2D eigenvalue weighted by molar-refractivity contribution is 7.11. The van der Waals surface area contributed by atoms with Gasteiger partial charge in [0, 0.05) is 17.5 Å². The van der Waals surface area contributed by atoms with Crippen molar-refractivity contribution in [1.82, 2.24) is 10.3 Å². The summed E-state index contributed by atoms with van der Waals surface area (Å²) in [6.45, 7) is 8.91. The highest BCUT2D eigenvalue weighted by Gasteiger charge is 2.14.